The topological polar surface area (TPSA) is 50.4 Å². The zero-order chi connectivity index (χ0) is 20.1. The molecular formula is C22H30N6. The van der Waals surface area contributed by atoms with Crippen molar-refractivity contribution in [3.63, 3.8) is 0 Å². The number of hydrogen-bond acceptors (Lipinski definition) is 2. The van der Waals surface area contributed by atoms with Crippen LogP contribution in [0, 0.1) is 13.8 Å². The molecular weight excluding hydrogens is 348 g/mol. The molecule has 0 aliphatic rings. The van der Waals surface area contributed by atoms with Gasteiger partial charge in [-0.25, -0.2) is 9.67 Å². The molecule has 0 saturated heterocycles. The van der Waals surface area contributed by atoms with Crippen molar-refractivity contribution in [1.82, 2.24) is 24.6 Å². The monoisotopic (exact) mass is 378 g/mol. The Kier molecular flexibility index (Phi) is 6.19. The summed E-state index contributed by atoms with van der Waals surface area (Å²) in [5, 5.41) is 8.13. The Labute approximate surface area is 167 Å². The first-order valence-electron chi connectivity index (χ1n) is 9.71. The number of aromatic nitrogens is 3. The molecule has 0 fully saturated rings. The zero-order valence-electron chi connectivity index (χ0n) is 17.5. The number of nitrogens with zero attached hydrogens (tertiary/aromatic N) is 5. The first kappa shape index (κ1) is 19.7. The summed E-state index contributed by atoms with van der Waals surface area (Å²) in [6, 6.07) is 14.4. The van der Waals surface area contributed by atoms with Crippen LogP contribution in [0.15, 0.2) is 53.7 Å². The van der Waals surface area contributed by atoms with Crippen LogP contribution in [-0.2, 0) is 20.1 Å². The Hall–Kier alpha value is -3.02. The molecule has 0 saturated carbocycles. The summed E-state index contributed by atoms with van der Waals surface area (Å²) >= 11 is 0. The average Bonchev–Trinajstić information content (AvgIpc) is 3.22. The van der Waals surface area contributed by atoms with Crippen LogP contribution in [0.5, 0.6) is 0 Å². The number of aryl methyl sites for hydroxylation is 2. The van der Waals surface area contributed by atoms with Crippen molar-refractivity contribution in [3.8, 4) is 5.69 Å². The molecule has 2 aromatic heterocycles. The molecule has 0 spiro atoms. The van der Waals surface area contributed by atoms with Crippen molar-refractivity contribution in [2.24, 2.45) is 12.0 Å². The van der Waals surface area contributed by atoms with E-state index in [9.17, 15) is 0 Å². The van der Waals surface area contributed by atoms with E-state index in [1.165, 1.54) is 11.3 Å². The van der Waals surface area contributed by atoms with Crippen LogP contribution in [-0.4, -0.2) is 38.8 Å². The molecule has 28 heavy (non-hydrogen) atoms. The predicted octanol–water partition coefficient (Wildman–Crippen LogP) is 3.43. The second kappa shape index (κ2) is 8.78. The number of nitrogens with one attached hydrogen (secondary N) is 1. The van der Waals surface area contributed by atoms with Crippen molar-refractivity contribution in [2.45, 2.75) is 33.9 Å². The molecule has 0 radical (unpaired) electrons. The fraction of sp³-hybridized carbons (Fsp3) is 0.364. The third-order valence-electron chi connectivity index (χ3n) is 4.98. The fourth-order valence-electron chi connectivity index (χ4n) is 3.33. The summed E-state index contributed by atoms with van der Waals surface area (Å²) in [5.74, 6) is 0.898. The molecule has 0 aliphatic heterocycles. The van der Waals surface area contributed by atoms with Gasteiger partial charge in [0.2, 0.25) is 0 Å². The van der Waals surface area contributed by atoms with Gasteiger partial charge in [0.05, 0.1) is 24.5 Å². The highest BCUT2D eigenvalue weighted by Gasteiger charge is 2.14. The van der Waals surface area contributed by atoms with E-state index < -0.39 is 0 Å². The standard InChI is InChI=1S/C22H30N6/c1-6-23-22(27(5)16-20-13-10-14-26(20)4)24-15-21-17(2)25-28(18(21)3)19-11-8-7-9-12-19/h7-14H,6,15-16H2,1-5H3,(H,23,24). The smallest absolute Gasteiger partial charge is 0.194 e. The van der Waals surface area contributed by atoms with Gasteiger partial charge in [-0.05, 0) is 45.0 Å². The van der Waals surface area contributed by atoms with E-state index in [1.807, 2.05) is 22.9 Å². The lowest BCUT2D eigenvalue weighted by Crippen LogP contribution is -2.38. The van der Waals surface area contributed by atoms with Gasteiger partial charge in [0, 0.05) is 43.8 Å². The minimum atomic E-state index is 0.601. The van der Waals surface area contributed by atoms with Crippen LogP contribution in [0.4, 0.5) is 0 Å². The molecule has 2 heterocycles. The summed E-state index contributed by atoms with van der Waals surface area (Å²) in [7, 11) is 4.14. The van der Waals surface area contributed by atoms with Crippen molar-refractivity contribution < 1.29 is 0 Å². The summed E-state index contributed by atoms with van der Waals surface area (Å²) in [5.41, 5.74) is 5.65. The van der Waals surface area contributed by atoms with Crippen molar-refractivity contribution >= 4 is 5.96 Å². The maximum Gasteiger partial charge on any atom is 0.194 e. The van der Waals surface area contributed by atoms with E-state index in [-0.39, 0.29) is 0 Å². The lowest BCUT2D eigenvalue weighted by atomic mass is 10.2. The van der Waals surface area contributed by atoms with Gasteiger partial charge >= 0.3 is 0 Å². The largest absolute Gasteiger partial charge is 0.357 e. The van der Waals surface area contributed by atoms with Crippen molar-refractivity contribution in [3.05, 3.63) is 71.3 Å². The maximum atomic E-state index is 4.89. The quantitative estimate of drug-likeness (QED) is 0.528. The Morgan fingerprint density at radius 2 is 1.89 bits per heavy atom. The number of rotatable bonds is 6. The number of hydrogen-bond donors (Lipinski definition) is 1. The lowest BCUT2D eigenvalue weighted by molar-refractivity contribution is 0.462. The van der Waals surface area contributed by atoms with Gasteiger partial charge in [0.1, 0.15) is 0 Å². The minimum Gasteiger partial charge on any atom is -0.357 e. The van der Waals surface area contributed by atoms with Gasteiger partial charge in [-0.3, -0.25) is 0 Å². The van der Waals surface area contributed by atoms with Crippen LogP contribution in [0.3, 0.4) is 0 Å². The van der Waals surface area contributed by atoms with Crippen molar-refractivity contribution in [1.29, 1.82) is 0 Å². The summed E-state index contributed by atoms with van der Waals surface area (Å²) in [4.78, 5) is 7.05. The molecule has 0 unspecified atom stereocenters. The van der Waals surface area contributed by atoms with Gasteiger partial charge < -0.3 is 14.8 Å². The highest BCUT2D eigenvalue weighted by atomic mass is 15.3. The second-order valence-electron chi connectivity index (χ2n) is 7.03. The van der Waals surface area contributed by atoms with Crippen LogP contribution in [0.1, 0.15) is 29.6 Å². The molecule has 1 aromatic carbocycles. The Bertz CT molecular complexity index is 935. The summed E-state index contributed by atoms with van der Waals surface area (Å²) in [6.07, 6.45) is 2.07. The molecule has 0 atom stereocenters. The fourth-order valence-corrected chi connectivity index (χ4v) is 3.33. The number of para-hydroxylation sites is 1. The van der Waals surface area contributed by atoms with E-state index in [2.05, 4.69) is 80.1 Å². The molecule has 0 amide bonds. The summed E-state index contributed by atoms with van der Waals surface area (Å²) in [6.45, 7) is 8.49. The molecule has 6 heteroatoms. The molecule has 148 valence electrons. The third kappa shape index (κ3) is 4.27. The van der Waals surface area contributed by atoms with Crippen molar-refractivity contribution in [2.75, 3.05) is 13.6 Å². The van der Waals surface area contributed by atoms with E-state index in [1.54, 1.807) is 0 Å². The second-order valence-corrected chi connectivity index (χ2v) is 7.03. The van der Waals surface area contributed by atoms with Gasteiger partial charge in [0.25, 0.3) is 0 Å². The SMILES string of the molecule is CCNC(=NCc1c(C)nn(-c2ccccc2)c1C)N(C)Cc1cccn1C. The van der Waals surface area contributed by atoms with E-state index >= 15 is 0 Å². The van der Waals surface area contributed by atoms with Crippen LogP contribution in [0.2, 0.25) is 0 Å². The Morgan fingerprint density at radius 1 is 1.14 bits per heavy atom. The van der Waals surface area contributed by atoms with E-state index in [4.69, 9.17) is 10.1 Å². The minimum absolute atomic E-state index is 0.601. The lowest BCUT2D eigenvalue weighted by Gasteiger charge is -2.22. The van der Waals surface area contributed by atoms with E-state index in [0.29, 0.717) is 6.54 Å². The predicted molar refractivity (Wildman–Crippen MR) is 115 cm³/mol. The zero-order valence-corrected chi connectivity index (χ0v) is 17.5. The van der Waals surface area contributed by atoms with Gasteiger partial charge in [-0.15, -0.1) is 0 Å². The maximum absolute atomic E-state index is 4.89. The third-order valence-corrected chi connectivity index (χ3v) is 4.98. The highest BCUT2D eigenvalue weighted by Crippen LogP contribution is 2.18. The Balaban J connectivity index is 1.81. The van der Waals surface area contributed by atoms with Crippen LogP contribution >= 0.6 is 0 Å². The molecule has 0 bridgehead atoms. The van der Waals surface area contributed by atoms with Crippen LogP contribution in [0.25, 0.3) is 5.69 Å². The molecule has 3 rings (SSSR count). The Morgan fingerprint density at radius 3 is 2.54 bits per heavy atom. The molecule has 1 N–H and O–H groups in total. The summed E-state index contributed by atoms with van der Waals surface area (Å²) < 4.78 is 4.14. The number of aliphatic imine (C=N–C) groups is 1. The van der Waals surface area contributed by atoms with Gasteiger partial charge in [0.15, 0.2) is 5.96 Å². The average molecular weight is 379 g/mol. The molecule has 6 nitrogen and oxygen atoms in total. The van der Waals surface area contributed by atoms with Gasteiger partial charge in [-0.1, -0.05) is 18.2 Å². The molecule has 0 aliphatic carbocycles. The van der Waals surface area contributed by atoms with E-state index in [0.717, 1.165) is 36.1 Å². The highest BCUT2D eigenvalue weighted by molar-refractivity contribution is 5.79. The first-order valence-corrected chi connectivity index (χ1v) is 9.71. The molecule has 3 aromatic rings. The normalized spacial score (nSPS) is 11.7. The number of benzene rings is 1. The van der Waals surface area contributed by atoms with Crippen LogP contribution < -0.4 is 5.32 Å². The number of guanidine groups is 1. The first-order chi connectivity index (χ1) is 13.5. The van der Waals surface area contributed by atoms with Gasteiger partial charge in [-0.2, -0.15) is 5.10 Å².